The maximum absolute atomic E-state index is 13.7. The lowest BCUT2D eigenvalue weighted by Gasteiger charge is -2.23. The number of amides is 1. The minimum absolute atomic E-state index is 0.211. The Labute approximate surface area is 157 Å². The van der Waals surface area contributed by atoms with E-state index in [1.807, 2.05) is 12.1 Å². The molecular formula is C21H19FN2O3. The molecule has 0 aliphatic carbocycles. The van der Waals surface area contributed by atoms with Crippen LogP contribution in [0.5, 0.6) is 11.5 Å². The molecule has 0 bridgehead atoms. The molecule has 138 valence electrons. The molecule has 0 saturated carbocycles. The number of ether oxygens (including phenoxy) is 2. The monoisotopic (exact) mass is 366 g/mol. The van der Waals surface area contributed by atoms with Gasteiger partial charge in [-0.3, -0.25) is 9.78 Å². The third-order valence-electron chi connectivity index (χ3n) is 3.90. The van der Waals surface area contributed by atoms with Crippen LogP contribution >= 0.6 is 0 Å². The number of nitrogens with zero attached hydrogens (tertiary/aromatic N) is 2. The van der Waals surface area contributed by atoms with E-state index in [1.165, 1.54) is 24.1 Å². The summed E-state index contributed by atoms with van der Waals surface area (Å²) in [6.07, 6.45) is 3.32. The average Bonchev–Trinajstić information content (AvgIpc) is 2.71. The third kappa shape index (κ3) is 4.82. The van der Waals surface area contributed by atoms with Crippen molar-refractivity contribution >= 4 is 11.6 Å². The van der Waals surface area contributed by atoms with E-state index in [4.69, 9.17) is 9.47 Å². The van der Waals surface area contributed by atoms with Gasteiger partial charge < -0.3 is 14.4 Å². The zero-order valence-corrected chi connectivity index (χ0v) is 14.8. The highest BCUT2D eigenvalue weighted by molar-refractivity contribution is 5.94. The van der Waals surface area contributed by atoms with Crippen molar-refractivity contribution in [1.29, 1.82) is 0 Å². The van der Waals surface area contributed by atoms with Gasteiger partial charge in [-0.2, -0.15) is 0 Å². The highest BCUT2D eigenvalue weighted by Gasteiger charge is 2.18. The van der Waals surface area contributed by atoms with Crippen molar-refractivity contribution < 1.29 is 18.7 Å². The summed E-state index contributed by atoms with van der Waals surface area (Å²) in [6.45, 7) is 0.0442. The lowest BCUT2D eigenvalue weighted by molar-refractivity contribution is -0.120. The predicted octanol–water partition coefficient (Wildman–Crippen LogP) is 3.84. The van der Waals surface area contributed by atoms with E-state index in [9.17, 15) is 9.18 Å². The fraction of sp³-hybridized carbons (Fsp3) is 0.143. The maximum atomic E-state index is 13.7. The Morgan fingerprint density at radius 3 is 2.59 bits per heavy atom. The van der Waals surface area contributed by atoms with Crippen molar-refractivity contribution in [2.75, 3.05) is 18.6 Å². The molecule has 3 rings (SSSR count). The Hall–Kier alpha value is -3.41. The molecule has 3 aromatic rings. The summed E-state index contributed by atoms with van der Waals surface area (Å²) in [6, 6.07) is 16.6. The zero-order chi connectivity index (χ0) is 19.1. The number of methoxy groups -OCH3 is 1. The first-order valence-corrected chi connectivity index (χ1v) is 8.38. The highest BCUT2D eigenvalue weighted by atomic mass is 19.1. The standard InChI is InChI=1S/C21H19FN2O3/c1-26-19-9-2-3-10-20(19)27-15-21(25)24(14-16-6-5-11-23-13-16)18-8-4-7-17(22)12-18/h2-13H,14-15H2,1H3. The van der Waals surface area contributed by atoms with Gasteiger partial charge >= 0.3 is 0 Å². The molecule has 0 atom stereocenters. The lowest BCUT2D eigenvalue weighted by atomic mass is 10.2. The normalized spacial score (nSPS) is 10.3. The summed E-state index contributed by atoms with van der Waals surface area (Å²) in [5, 5.41) is 0. The van der Waals surface area contributed by atoms with E-state index in [0.717, 1.165) is 5.56 Å². The number of hydrogen-bond acceptors (Lipinski definition) is 4. The number of aromatic nitrogens is 1. The molecule has 0 saturated heterocycles. The predicted molar refractivity (Wildman–Crippen MR) is 100 cm³/mol. The van der Waals surface area contributed by atoms with Crippen molar-refractivity contribution in [3.05, 3.63) is 84.4 Å². The van der Waals surface area contributed by atoms with Gasteiger partial charge in [-0.1, -0.05) is 24.3 Å². The fourth-order valence-electron chi connectivity index (χ4n) is 2.60. The molecule has 1 amide bonds. The maximum Gasteiger partial charge on any atom is 0.265 e. The molecule has 0 fully saturated rings. The second-order valence-electron chi connectivity index (χ2n) is 5.76. The summed E-state index contributed by atoms with van der Waals surface area (Å²) >= 11 is 0. The molecule has 2 aromatic carbocycles. The van der Waals surface area contributed by atoms with Gasteiger partial charge in [0.25, 0.3) is 5.91 Å². The van der Waals surface area contributed by atoms with Gasteiger partial charge in [0.2, 0.25) is 0 Å². The van der Waals surface area contributed by atoms with Crippen LogP contribution in [0.15, 0.2) is 73.1 Å². The summed E-state index contributed by atoms with van der Waals surface area (Å²) in [5.74, 6) is 0.279. The first-order chi connectivity index (χ1) is 13.2. The smallest absolute Gasteiger partial charge is 0.265 e. The molecule has 0 aliphatic heterocycles. The van der Waals surface area contributed by atoms with Gasteiger partial charge in [0.15, 0.2) is 18.1 Å². The topological polar surface area (TPSA) is 51.7 Å². The molecule has 0 N–H and O–H groups in total. The van der Waals surface area contributed by atoms with Crippen molar-refractivity contribution in [2.45, 2.75) is 6.54 Å². The van der Waals surface area contributed by atoms with E-state index >= 15 is 0 Å². The van der Waals surface area contributed by atoms with E-state index in [0.29, 0.717) is 17.2 Å². The Bertz CT molecular complexity index is 903. The van der Waals surface area contributed by atoms with E-state index in [1.54, 1.807) is 48.8 Å². The number of carbonyl (C=O) groups excluding carboxylic acids is 1. The largest absolute Gasteiger partial charge is 0.493 e. The Kier molecular flexibility index (Phi) is 5.99. The van der Waals surface area contributed by atoms with Gasteiger partial charge in [-0.15, -0.1) is 0 Å². The molecule has 0 aliphatic rings. The molecule has 5 nitrogen and oxygen atoms in total. The van der Waals surface area contributed by atoms with Crippen molar-refractivity contribution in [3.8, 4) is 11.5 Å². The molecule has 0 radical (unpaired) electrons. The number of benzene rings is 2. The zero-order valence-electron chi connectivity index (χ0n) is 14.8. The molecule has 6 heteroatoms. The van der Waals surface area contributed by atoms with E-state index in [-0.39, 0.29) is 19.1 Å². The van der Waals surface area contributed by atoms with Crippen LogP contribution < -0.4 is 14.4 Å². The van der Waals surface area contributed by atoms with Crippen molar-refractivity contribution in [1.82, 2.24) is 4.98 Å². The second-order valence-corrected chi connectivity index (χ2v) is 5.76. The number of rotatable bonds is 7. The lowest BCUT2D eigenvalue weighted by Crippen LogP contribution is -2.34. The van der Waals surface area contributed by atoms with Crippen LogP contribution in [0, 0.1) is 5.82 Å². The number of hydrogen-bond donors (Lipinski definition) is 0. The van der Waals surface area contributed by atoms with Crippen molar-refractivity contribution in [2.24, 2.45) is 0 Å². The Morgan fingerprint density at radius 2 is 1.89 bits per heavy atom. The summed E-state index contributed by atoms with van der Waals surface area (Å²) < 4.78 is 24.5. The molecule has 1 aromatic heterocycles. The first kappa shape index (κ1) is 18.4. The van der Waals surface area contributed by atoms with Crippen LogP contribution in [0.1, 0.15) is 5.56 Å². The summed E-state index contributed by atoms with van der Waals surface area (Å²) in [4.78, 5) is 18.4. The highest BCUT2D eigenvalue weighted by Crippen LogP contribution is 2.26. The SMILES string of the molecule is COc1ccccc1OCC(=O)N(Cc1cccnc1)c1cccc(F)c1. The Morgan fingerprint density at radius 1 is 1.07 bits per heavy atom. The summed E-state index contributed by atoms with van der Waals surface area (Å²) in [7, 11) is 1.53. The number of carbonyl (C=O) groups is 1. The van der Waals surface area contributed by atoms with Gasteiger partial charge in [0.1, 0.15) is 5.82 Å². The van der Waals surface area contributed by atoms with Crippen LogP contribution in [-0.4, -0.2) is 24.6 Å². The van der Waals surface area contributed by atoms with E-state index in [2.05, 4.69) is 4.98 Å². The van der Waals surface area contributed by atoms with Crippen LogP contribution in [0.25, 0.3) is 0 Å². The van der Waals surface area contributed by atoms with Gasteiger partial charge in [0.05, 0.1) is 13.7 Å². The first-order valence-electron chi connectivity index (χ1n) is 8.38. The molecule has 1 heterocycles. The quantitative estimate of drug-likeness (QED) is 0.637. The number of halogens is 1. The average molecular weight is 366 g/mol. The number of pyridine rings is 1. The van der Waals surface area contributed by atoms with Gasteiger partial charge in [0, 0.05) is 18.1 Å². The Balaban J connectivity index is 1.80. The molecule has 0 spiro atoms. The third-order valence-corrected chi connectivity index (χ3v) is 3.90. The van der Waals surface area contributed by atoms with Crippen molar-refractivity contribution in [3.63, 3.8) is 0 Å². The molecule has 0 unspecified atom stereocenters. The van der Waals surface area contributed by atoms with Crippen LogP contribution in [-0.2, 0) is 11.3 Å². The van der Waals surface area contributed by atoms with Crippen LogP contribution in [0.2, 0.25) is 0 Å². The minimum Gasteiger partial charge on any atom is -0.493 e. The van der Waals surface area contributed by atoms with Crippen LogP contribution in [0.4, 0.5) is 10.1 Å². The summed E-state index contributed by atoms with van der Waals surface area (Å²) in [5.41, 5.74) is 1.28. The minimum atomic E-state index is -0.415. The van der Waals surface area contributed by atoms with E-state index < -0.39 is 5.82 Å². The van der Waals surface area contributed by atoms with Gasteiger partial charge in [-0.05, 0) is 42.0 Å². The number of anilines is 1. The number of para-hydroxylation sites is 2. The molecule has 27 heavy (non-hydrogen) atoms. The van der Waals surface area contributed by atoms with Crippen LogP contribution in [0.3, 0.4) is 0 Å². The van der Waals surface area contributed by atoms with Gasteiger partial charge in [-0.25, -0.2) is 4.39 Å². The second kappa shape index (κ2) is 8.80. The fourth-order valence-corrected chi connectivity index (χ4v) is 2.60. The molecular weight excluding hydrogens is 347 g/mol.